The Morgan fingerprint density at radius 3 is 2.69 bits per heavy atom. The van der Waals surface area contributed by atoms with Crippen LogP contribution in [-0.4, -0.2) is 41.7 Å². The number of aliphatic hydroxyl groups is 1. The van der Waals surface area contributed by atoms with Crippen LogP contribution in [0.4, 0.5) is 0 Å². The van der Waals surface area contributed by atoms with Crippen LogP contribution in [0.3, 0.4) is 0 Å². The van der Waals surface area contributed by atoms with Gasteiger partial charge in [-0.25, -0.2) is 17.9 Å². The predicted molar refractivity (Wildman–Crippen MR) is 54.2 cm³/mol. The van der Waals surface area contributed by atoms with Gasteiger partial charge in [-0.15, -0.1) is 0 Å². The van der Waals surface area contributed by atoms with Crippen LogP contribution in [0.1, 0.15) is 6.92 Å². The van der Waals surface area contributed by atoms with Gasteiger partial charge in [0.2, 0.25) is 10.0 Å². The Bertz CT molecular complexity index is 463. The lowest BCUT2D eigenvalue weighted by Crippen LogP contribution is -2.46. The molecule has 0 aliphatic carbocycles. The number of sulfonamides is 1. The second kappa shape index (κ2) is 4.24. The van der Waals surface area contributed by atoms with Gasteiger partial charge in [-0.3, -0.25) is 0 Å². The van der Waals surface area contributed by atoms with Crippen molar-refractivity contribution in [2.24, 2.45) is 0 Å². The average molecular weight is 248 g/mol. The predicted octanol–water partition coefficient (Wildman–Crippen LogP) is -0.871. The maximum atomic E-state index is 11.5. The van der Waals surface area contributed by atoms with Crippen LogP contribution in [0, 0.1) is 0 Å². The molecule has 16 heavy (non-hydrogen) atoms. The Morgan fingerprint density at radius 2 is 2.25 bits per heavy atom. The first-order chi connectivity index (χ1) is 7.26. The number of carbonyl (C=O) groups is 1. The van der Waals surface area contributed by atoms with Crippen LogP contribution < -0.4 is 4.72 Å². The number of aromatic nitrogens is 1. The monoisotopic (exact) mass is 248 g/mol. The summed E-state index contributed by atoms with van der Waals surface area (Å²) in [5.41, 5.74) is -2.14. The number of hydrogen-bond donors (Lipinski definition) is 4. The fourth-order valence-corrected chi connectivity index (χ4v) is 1.98. The van der Waals surface area contributed by atoms with Crippen molar-refractivity contribution in [1.29, 1.82) is 0 Å². The Hall–Kier alpha value is -1.38. The van der Waals surface area contributed by atoms with Crippen LogP contribution in [0.25, 0.3) is 0 Å². The van der Waals surface area contributed by atoms with E-state index >= 15 is 0 Å². The van der Waals surface area contributed by atoms with Gasteiger partial charge in [0.15, 0.2) is 5.60 Å². The summed E-state index contributed by atoms with van der Waals surface area (Å²) in [5, 5.41) is 17.9. The SMILES string of the molecule is CC(O)(CNS(=O)(=O)c1cc[nH]c1)C(=O)O. The summed E-state index contributed by atoms with van der Waals surface area (Å²) in [4.78, 5) is 13.1. The molecule has 4 N–H and O–H groups in total. The number of rotatable bonds is 5. The highest BCUT2D eigenvalue weighted by Crippen LogP contribution is 2.08. The normalized spacial score (nSPS) is 15.6. The Labute approximate surface area is 92.2 Å². The first-order valence-corrected chi connectivity index (χ1v) is 5.82. The molecule has 0 aromatic carbocycles. The van der Waals surface area contributed by atoms with Crippen molar-refractivity contribution < 1.29 is 23.4 Å². The van der Waals surface area contributed by atoms with Crippen molar-refractivity contribution in [1.82, 2.24) is 9.71 Å². The molecule has 0 aliphatic heterocycles. The number of aliphatic carboxylic acids is 1. The topological polar surface area (TPSA) is 119 Å². The van der Waals surface area contributed by atoms with E-state index in [0.29, 0.717) is 0 Å². The zero-order valence-electron chi connectivity index (χ0n) is 8.47. The molecule has 0 saturated heterocycles. The lowest BCUT2D eigenvalue weighted by atomic mass is 10.1. The van der Waals surface area contributed by atoms with E-state index in [4.69, 9.17) is 5.11 Å². The van der Waals surface area contributed by atoms with Crippen molar-refractivity contribution in [2.75, 3.05) is 6.54 Å². The quantitative estimate of drug-likeness (QED) is 0.540. The summed E-state index contributed by atoms with van der Waals surface area (Å²) in [6.45, 7) is 0.408. The Kier molecular flexibility index (Phi) is 3.36. The number of carboxylic acid groups (broad SMARTS) is 1. The van der Waals surface area contributed by atoms with Gasteiger partial charge in [-0.2, -0.15) is 0 Å². The zero-order chi connectivity index (χ0) is 12.4. The minimum absolute atomic E-state index is 0.0197. The fourth-order valence-electron chi connectivity index (χ4n) is 0.870. The molecule has 0 aliphatic rings. The van der Waals surface area contributed by atoms with Gasteiger partial charge in [-0.05, 0) is 13.0 Å². The smallest absolute Gasteiger partial charge is 0.336 e. The molecule has 0 amide bonds. The number of nitrogens with one attached hydrogen (secondary N) is 2. The van der Waals surface area contributed by atoms with Crippen molar-refractivity contribution in [3.8, 4) is 0 Å². The van der Waals surface area contributed by atoms with Crippen LogP contribution in [0.5, 0.6) is 0 Å². The average Bonchev–Trinajstić information content (AvgIpc) is 2.68. The molecule has 90 valence electrons. The van der Waals surface area contributed by atoms with E-state index in [0.717, 1.165) is 6.92 Å². The van der Waals surface area contributed by atoms with Gasteiger partial charge in [0.25, 0.3) is 0 Å². The number of hydrogen-bond acceptors (Lipinski definition) is 4. The summed E-state index contributed by atoms with van der Waals surface area (Å²) in [5.74, 6) is -1.50. The molecule has 0 radical (unpaired) electrons. The molecule has 1 aromatic heterocycles. The molecule has 1 unspecified atom stereocenters. The van der Waals surface area contributed by atoms with Crippen LogP contribution in [-0.2, 0) is 14.8 Å². The molecule has 0 saturated carbocycles. The summed E-state index contributed by atoms with van der Waals surface area (Å²) in [7, 11) is -3.79. The van der Waals surface area contributed by atoms with Gasteiger partial charge in [0, 0.05) is 12.4 Å². The number of H-pyrrole nitrogens is 1. The van der Waals surface area contributed by atoms with Crippen molar-refractivity contribution >= 4 is 16.0 Å². The number of carboxylic acids is 1. The maximum Gasteiger partial charge on any atom is 0.336 e. The molecule has 1 heterocycles. The Morgan fingerprint density at radius 1 is 1.62 bits per heavy atom. The minimum Gasteiger partial charge on any atom is -0.479 e. The van der Waals surface area contributed by atoms with Crippen LogP contribution >= 0.6 is 0 Å². The molecule has 7 nitrogen and oxygen atoms in total. The summed E-state index contributed by atoms with van der Waals surface area (Å²) in [6, 6.07) is 1.32. The van der Waals surface area contributed by atoms with E-state index in [9.17, 15) is 18.3 Å². The van der Waals surface area contributed by atoms with Gasteiger partial charge in [0.05, 0.1) is 11.4 Å². The van der Waals surface area contributed by atoms with Crippen LogP contribution in [0.2, 0.25) is 0 Å². The first kappa shape index (κ1) is 12.7. The second-order valence-corrected chi connectivity index (χ2v) is 5.22. The molecule has 0 bridgehead atoms. The highest BCUT2D eigenvalue weighted by atomic mass is 32.2. The van der Waals surface area contributed by atoms with E-state index in [1.807, 2.05) is 4.72 Å². The van der Waals surface area contributed by atoms with Gasteiger partial charge >= 0.3 is 5.97 Å². The molecule has 0 spiro atoms. The lowest BCUT2D eigenvalue weighted by Gasteiger charge is -2.17. The largest absolute Gasteiger partial charge is 0.479 e. The van der Waals surface area contributed by atoms with E-state index in [-0.39, 0.29) is 4.90 Å². The van der Waals surface area contributed by atoms with Crippen molar-refractivity contribution in [3.63, 3.8) is 0 Å². The third-order valence-corrected chi connectivity index (χ3v) is 3.35. The van der Waals surface area contributed by atoms with Gasteiger partial charge in [0.1, 0.15) is 0 Å². The minimum atomic E-state index is -3.79. The fraction of sp³-hybridized carbons (Fsp3) is 0.375. The highest BCUT2D eigenvalue weighted by molar-refractivity contribution is 7.89. The summed E-state index contributed by atoms with van der Waals surface area (Å²) < 4.78 is 25.1. The zero-order valence-corrected chi connectivity index (χ0v) is 9.28. The summed E-state index contributed by atoms with van der Waals surface area (Å²) in [6.07, 6.45) is 2.67. The second-order valence-electron chi connectivity index (χ2n) is 3.45. The molecular weight excluding hydrogens is 236 g/mol. The first-order valence-electron chi connectivity index (χ1n) is 4.34. The van der Waals surface area contributed by atoms with Gasteiger partial charge < -0.3 is 15.2 Å². The van der Waals surface area contributed by atoms with E-state index < -0.39 is 28.1 Å². The molecular formula is C8H12N2O5S. The third kappa shape index (κ3) is 2.81. The highest BCUT2D eigenvalue weighted by Gasteiger charge is 2.31. The standard InChI is InChI=1S/C8H12N2O5S/c1-8(13,7(11)12)5-10-16(14,15)6-2-3-9-4-6/h2-4,9-10,13H,5H2,1H3,(H,11,12). The molecule has 8 heteroatoms. The lowest BCUT2D eigenvalue weighted by molar-refractivity contribution is -0.155. The molecule has 0 fully saturated rings. The van der Waals surface area contributed by atoms with E-state index in [1.165, 1.54) is 18.5 Å². The maximum absolute atomic E-state index is 11.5. The molecule has 1 atom stereocenters. The van der Waals surface area contributed by atoms with Crippen LogP contribution in [0.15, 0.2) is 23.4 Å². The molecule has 1 aromatic rings. The van der Waals surface area contributed by atoms with Crippen molar-refractivity contribution in [2.45, 2.75) is 17.4 Å². The van der Waals surface area contributed by atoms with Gasteiger partial charge in [-0.1, -0.05) is 0 Å². The summed E-state index contributed by atoms with van der Waals surface area (Å²) >= 11 is 0. The van der Waals surface area contributed by atoms with E-state index in [1.54, 1.807) is 0 Å². The molecule has 1 rings (SSSR count). The number of aromatic amines is 1. The Balaban J connectivity index is 2.74. The van der Waals surface area contributed by atoms with Crippen molar-refractivity contribution in [3.05, 3.63) is 18.5 Å². The van der Waals surface area contributed by atoms with E-state index in [2.05, 4.69) is 4.98 Å². The third-order valence-electron chi connectivity index (χ3n) is 1.95.